The van der Waals surface area contributed by atoms with Crippen molar-refractivity contribution in [3.8, 4) is 0 Å². The van der Waals surface area contributed by atoms with Gasteiger partial charge in [-0.05, 0) is 32.6 Å². The normalized spacial score (nSPS) is 15.5. The van der Waals surface area contributed by atoms with Crippen molar-refractivity contribution in [3.05, 3.63) is 27.4 Å². The third kappa shape index (κ3) is 3.93. The minimum absolute atomic E-state index is 0.0758. The van der Waals surface area contributed by atoms with Crippen LogP contribution in [0.25, 0.3) is 0 Å². The molecule has 0 atom stereocenters. The summed E-state index contributed by atoms with van der Waals surface area (Å²) in [6.07, 6.45) is 7.32. The lowest BCUT2D eigenvalue weighted by molar-refractivity contribution is -0.136. The van der Waals surface area contributed by atoms with Gasteiger partial charge in [0.15, 0.2) is 0 Å². The first-order valence-electron chi connectivity index (χ1n) is 7.77. The van der Waals surface area contributed by atoms with Crippen LogP contribution < -0.4 is 5.69 Å². The van der Waals surface area contributed by atoms with Gasteiger partial charge in [-0.3, -0.25) is 9.36 Å². The molecule has 2 rings (SSSR count). The molecule has 1 aliphatic carbocycles. The average Bonchev–Trinajstić information content (AvgIpc) is 2.91. The molecule has 0 radical (unpaired) electrons. The third-order valence-corrected chi connectivity index (χ3v) is 4.57. The van der Waals surface area contributed by atoms with Gasteiger partial charge in [0.1, 0.15) is 0 Å². The van der Waals surface area contributed by atoms with Crippen LogP contribution in [0.2, 0.25) is 0 Å². The number of nitrogens with zero attached hydrogens (tertiary/aromatic N) is 2. The Kier molecular flexibility index (Phi) is 5.15. The van der Waals surface area contributed by atoms with E-state index >= 15 is 0 Å². The Hall–Kier alpha value is -1.65. The molecule has 0 aromatic carbocycles. The molecule has 21 heavy (non-hydrogen) atoms. The van der Waals surface area contributed by atoms with E-state index in [9.17, 15) is 9.59 Å². The molecule has 5 nitrogen and oxygen atoms in total. The number of rotatable bonds is 6. The fraction of sp³-hybridized carbons (Fsp3) is 0.688. The van der Waals surface area contributed by atoms with E-state index in [-0.39, 0.29) is 12.1 Å². The summed E-state index contributed by atoms with van der Waals surface area (Å²) in [6, 6.07) is 0. The molecule has 5 heteroatoms. The molecule has 1 aromatic heterocycles. The monoisotopic (exact) mass is 292 g/mol. The van der Waals surface area contributed by atoms with Gasteiger partial charge in [-0.25, -0.2) is 4.79 Å². The first-order valence-corrected chi connectivity index (χ1v) is 7.77. The smallest absolute Gasteiger partial charge is 0.347 e. The van der Waals surface area contributed by atoms with Crippen molar-refractivity contribution in [2.75, 3.05) is 0 Å². The second-order valence-corrected chi connectivity index (χ2v) is 6.06. The van der Waals surface area contributed by atoms with Crippen molar-refractivity contribution < 1.29 is 9.90 Å². The molecular weight excluding hydrogens is 268 g/mol. The first kappa shape index (κ1) is 15.7. The molecule has 116 valence electrons. The molecule has 1 heterocycles. The minimum Gasteiger partial charge on any atom is -0.481 e. The Labute approximate surface area is 125 Å². The molecule has 0 saturated heterocycles. The van der Waals surface area contributed by atoms with E-state index in [0.717, 1.165) is 24.5 Å². The van der Waals surface area contributed by atoms with E-state index in [1.54, 1.807) is 11.5 Å². The predicted molar refractivity (Wildman–Crippen MR) is 80.5 cm³/mol. The number of hydrogen-bond acceptors (Lipinski definition) is 3. The topological polar surface area (TPSA) is 72.2 Å². The fourth-order valence-corrected chi connectivity index (χ4v) is 3.35. The summed E-state index contributed by atoms with van der Waals surface area (Å²) in [5.41, 5.74) is 1.70. The minimum atomic E-state index is -0.890. The second kappa shape index (κ2) is 6.87. The van der Waals surface area contributed by atoms with Crippen molar-refractivity contribution in [1.29, 1.82) is 0 Å². The highest BCUT2D eigenvalue weighted by atomic mass is 16.4. The second-order valence-electron chi connectivity index (χ2n) is 6.06. The number of carboxylic acids is 1. The quantitative estimate of drug-likeness (QED) is 0.874. The van der Waals surface area contributed by atoms with Gasteiger partial charge in [-0.15, -0.1) is 0 Å². The number of carbonyl (C=O) groups is 1. The van der Waals surface area contributed by atoms with Crippen LogP contribution >= 0.6 is 0 Å². The molecular formula is C16H24N2O3. The van der Waals surface area contributed by atoms with Crippen molar-refractivity contribution >= 4 is 5.97 Å². The summed E-state index contributed by atoms with van der Waals surface area (Å²) in [5, 5.41) is 8.98. The standard InChI is InChI=1S/C16H24N2O3/c1-11-14(10-15(19)20)12(2)18(16(21)17-11)9-5-8-13-6-3-4-7-13/h13H,3-10H2,1-2H3,(H,19,20). The highest BCUT2D eigenvalue weighted by Gasteiger charge is 2.16. The zero-order valence-corrected chi connectivity index (χ0v) is 12.9. The maximum atomic E-state index is 12.0. The van der Waals surface area contributed by atoms with Crippen LogP contribution in [0.3, 0.4) is 0 Å². The molecule has 0 amide bonds. The van der Waals surface area contributed by atoms with Gasteiger partial charge >= 0.3 is 11.7 Å². The van der Waals surface area contributed by atoms with E-state index in [1.165, 1.54) is 25.7 Å². The summed E-state index contributed by atoms with van der Waals surface area (Å²) in [4.78, 5) is 27.0. The lowest BCUT2D eigenvalue weighted by atomic mass is 10.0. The van der Waals surface area contributed by atoms with Crippen molar-refractivity contribution in [1.82, 2.24) is 9.55 Å². The maximum absolute atomic E-state index is 12.0. The zero-order valence-electron chi connectivity index (χ0n) is 12.9. The summed E-state index contributed by atoms with van der Waals surface area (Å²) in [7, 11) is 0. The summed E-state index contributed by atoms with van der Waals surface area (Å²) in [5.74, 6) is -0.0861. The van der Waals surface area contributed by atoms with Gasteiger partial charge in [-0.2, -0.15) is 4.98 Å². The van der Waals surface area contributed by atoms with Crippen LogP contribution in [-0.2, 0) is 17.8 Å². The summed E-state index contributed by atoms with van der Waals surface area (Å²) >= 11 is 0. The molecule has 1 saturated carbocycles. The van der Waals surface area contributed by atoms with Gasteiger partial charge in [0.05, 0.1) is 6.42 Å². The molecule has 1 aliphatic rings. The van der Waals surface area contributed by atoms with Crippen LogP contribution in [0, 0.1) is 19.8 Å². The van der Waals surface area contributed by atoms with Crippen molar-refractivity contribution in [3.63, 3.8) is 0 Å². The Morgan fingerprint density at radius 2 is 2.00 bits per heavy atom. The van der Waals surface area contributed by atoms with Crippen LogP contribution in [0.5, 0.6) is 0 Å². The number of hydrogen-bond donors (Lipinski definition) is 1. The van der Waals surface area contributed by atoms with E-state index in [4.69, 9.17) is 5.11 Å². The summed E-state index contributed by atoms with van der Waals surface area (Å²) < 4.78 is 1.64. The van der Waals surface area contributed by atoms with Crippen LogP contribution in [0.4, 0.5) is 0 Å². The molecule has 1 fully saturated rings. The van der Waals surface area contributed by atoms with Crippen molar-refractivity contribution in [2.24, 2.45) is 5.92 Å². The molecule has 0 unspecified atom stereocenters. The number of aryl methyl sites for hydroxylation is 1. The Morgan fingerprint density at radius 1 is 1.33 bits per heavy atom. The van der Waals surface area contributed by atoms with E-state index in [0.29, 0.717) is 17.8 Å². The van der Waals surface area contributed by atoms with Crippen LogP contribution in [-0.4, -0.2) is 20.6 Å². The Bertz CT molecular complexity index is 572. The Balaban J connectivity index is 2.10. The lowest BCUT2D eigenvalue weighted by Crippen LogP contribution is -2.28. The largest absolute Gasteiger partial charge is 0.481 e. The van der Waals surface area contributed by atoms with Gasteiger partial charge < -0.3 is 5.11 Å². The molecule has 1 aromatic rings. The fourth-order valence-electron chi connectivity index (χ4n) is 3.35. The third-order valence-electron chi connectivity index (χ3n) is 4.57. The molecule has 0 bridgehead atoms. The number of carboxylic acid groups (broad SMARTS) is 1. The SMILES string of the molecule is Cc1nc(=O)n(CCCC2CCCC2)c(C)c1CC(=O)O. The Morgan fingerprint density at radius 3 is 2.62 bits per heavy atom. The van der Waals surface area contributed by atoms with Crippen LogP contribution in [0.1, 0.15) is 55.5 Å². The average molecular weight is 292 g/mol. The van der Waals surface area contributed by atoms with E-state index in [2.05, 4.69) is 4.98 Å². The molecule has 0 aliphatic heterocycles. The molecule has 1 N–H and O–H groups in total. The summed E-state index contributed by atoms with van der Waals surface area (Å²) in [6.45, 7) is 4.17. The lowest BCUT2D eigenvalue weighted by Gasteiger charge is -2.15. The van der Waals surface area contributed by atoms with Gasteiger partial charge in [-0.1, -0.05) is 25.7 Å². The highest BCUT2D eigenvalue weighted by Crippen LogP contribution is 2.28. The predicted octanol–water partition coefficient (Wildman–Crippen LogP) is 2.46. The van der Waals surface area contributed by atoms with Gasteiger partial charge in [0, 0.05) is 23.5 Å². The van der Waals surface area contributed by atoms with Gasteiger partial charge in [0.25, 0.3) is 0 Å². The highest BCUT2D eigenvalue weighted by molar-refractivity contribution is 5.70. The first-order chi connectivity index (χ1) is 9.99. The van der Waals surface area contributed by atoms with Crippen molar-refractivity contribution in [2.45, 2.75) is 65.3 Å². The maximum Gasteiger partial charge on any atom is 0.347 e. The number of aromatic nitrogens is 2. The zero-order chi connectivity index (χ0) is 15.4. The van der Waals surface area contributed by atoms with Gasteiger partial charge in [0.2, 0.25) is 0 Å². The van der Waals surface area contributed by atoms with Crippen LogP contribution in [0.15, 0.2) is 4.79 Å². The van der Waals surface area contributed by atoms with E-state index < -0.39 is 5.97 Å². The number of aliphatic carboxylic acids is 1. The molecule has 0 spiro atoms. The van der Waals surface area contributed by atoms with E-state index in [1.807, 2.05) is 6.92 Å².